The summed E-state index contributed by atoms with van der Waals surface area (Å²) in [4.78, 5) is 0. The lowest BCUT2D eigenvalue weighted by atomic mass is 9.62. The third-order valence-electron chi connectivity index (χ3n) is 5.78. The summed E-state index contributed by atoms with van der Waals surface area (Å²) in [5.41, 5.74) is 3.93. The molecule has 1 aromatic carbocycles. The van der Waals surface area contributed by atoms with Crippen molar-refractivity contribution in [3.05, 3.63) is 47.0 Å². The van der Waals surface area contributed by atoms with E-state index in [0.29, 0.717) is 36.8 Å². The fourth-order valence-corrected chi connectivity index (χ4v) is 4.73. The topological polar surface area (TPSA) is 63.6 Å². The van der Waals surface area contributed by atoms with Crippen LogP contribution in [0.2, 0.25) is 0 Å². The van der Waals surface area contributed by atoms with Crippen molar-refractivity contribution < 1.29 is 22.6 Å². The van der Waals surface area contributed by atoms with Gasteiger partial charge in [-0.2, -0.15) is 8.42 Å². The van der Waals surface area contributed by atoms with Crippen LogP contribution in [0.3, 0.4) is 0 Å². The maximum Gasteiger partial charge on any atom is 0.446 e. The summed E-state index contributed by atoms with van der Waals surface area (Å²) < 4.78 is 68.6. The molecule has 24 heavy (non-hydrogen) atoms. The van der Waals surface area contributed by atoms with Crippen molar-refractivity contribution in [2.24, 2.45) is 11.3 Å². The molecule has 0 bridgehead atoms. The lowest BCUT2D eigenvalue weighted by Gasteiger charge is -2.42. The molecule has 0 spiro atoms. The lowest BCUT2D eigenvalue weighted by molar-refractivity contribution is 0.275. The van der Waals surface area contributed by atoms with Crippen LogP contribution in [0.15, 0.2) is 35.9 Å². The molecule has 0 radical (unpaired) electrons. The van der Waals surface area contributed by atoms with Crippen molar-refractivity contribution in [2.45, 2.75) is 45.4 Å². The summed E-state index contributed by atoms with van der Waals surface area (Å²) in [5.74, 6) is -0.416. The Morgan fingerprint density at radius 2 is 2.25 bits per heavy atom. The first-order valence-electron chi connectivity index (χ1n) is 10.1. The van der Waals surface area contributed by atoms with Gasteiger partial charge in [0.05, 0.1) is 2.74 Å². The predicted octanol–water partition coefficient (Wildman–Crippen LogP) is 4.33. The van der Waals surface area contributed by atoms with E-state index in [1.165, 1.54) is 11.6 Å². The molecule has 5 heteroatoms. The van der Waals surface area contributed by atoms with Crippen LogP contribution in [0.25, 0.3) is 5.57 Å². The normalized spacial score (nSPS) is 33.6. The van der Waals surface area contributed by atoms with Crippen LogP contribution in [0, 0.1) is 11.3 Å². The van der Waals surface area contributed by atoms with Crippen LogP contribution in [-0.2, 0) is 16.8 Å². The quantitative estimate of drug-likeness (QED) is 0.637. The van der Waals surface area contributed by atoms with Gasteiger partial charge >= 0.3 is 10.4 Å². The Labute approximate surface area is 148 Å². The van der Waals surface area contributed by atoms with E-state index in [0.717, 1.165) is 17.6 Å². The summed E-state index contributed by atoms with van der Waals surface area (Å²) in [6.07, 6.45) is 1.57. The Hall–Kier alpha value is -1.59. The highest BCUT2D eigenvalue weighted by Gasteiger charge is 2.47. The minimum Gasteiger partial charge on any atom is -0.362 e. The summed E-state index contributed by atoms with van der Waals surface area (Å²) in [6.45, 7) is 6.15. The number of fused-ring (bicyclic) bond motifs is 4. The average molecular weight is 350 g/mol. The summed E-state index contributed by atoms with van der Waals surface area (Å²) in [5, 5.41) is 0. The summed E-state index contributed by atoms with van der Waals surface area (Å²) in [6, 6.07) is 1.05. The molecule has 0 aliphatic heterocycles. The molecule has 3 aliphatic carbocycles. The van der Waals surface area contributed by atoms with Gasteiger partial charge < -0.3 is 4.18 Å². The molecule has 1 unspecified atom stereocenters. The first-order chi connectivity index (χ1) is 12.8. The van der Waals surface area contributed by atoms with Crippen molar-refractivity contribution in [1.82, 2.24) is 0 Å². The second-order valence-corrected chi connectivity index (χ2v) is 8.00. The maximum atomic E-state index is 11.1. The van der Waals surface area contributed by atoms with Crippen molar-refractivity contribution >= 4 is 16.0 Å². The molecule has 4 nitrogen and oxygen atoms in total. The zero-order valence-corrected chi connectivity index (χ0v) is 14.3. The van der Waals surface area contributed by atoms with Crippen LogP contribution in [0.5, 0.6) is 5.75 Å². The van der Waals surface area contributed by atoms with E-state index in [9.17, 15) is 8.42 Å². The largest absolute Gasteiger partial charge is 0.446 e. The number of allylic oxidation sites excluding steroid dienone is 3. The molecular weight excluding hydrogens is 324 g/mol. The van der Waals surface area contributed by atoms with Crippen molar-refractivity contribution in [3.63, 3.8) is 0 Å². The molecule has 0 saturated heterocycles. The van der Waals surface area contributed by atoms with Crippen molar-refractivity contribution in [2.75, 3.05) is 0 Å². The monoisotopic (exact) mass is 350 g/mol. The second-order valence-electron chi connectivity index (χ2n) is 6.98. The first-order valence-corrected chi connectivity index (χ1v) is 9.44. The van der Waals surface area contributed by atoms with E-state index in [1.54, 1.807) is 0 Å². The molecular formula is C19H22O4S. The van der Waals surface area contributed by atoms with Crippen molar-refractivity contribution in [1.29, 1.82) is 0 Å². The first kappa shape index (κ1) is 11.9. The molecule has 3 aliphatic rings. The third kappa shape index (κ3) is 2.42. The molecule has 0 heterocycles. The van der Waals surface area contributed by atoms with E-state index in [-0.39, 0.29) is 23.4 Å². The van der Waals surface area contributed by atoms with E-state index in [4.69, 9.17) is 10.0 Å². The predicted molar refractivity (Wildman–Crippen MR) is 93.1 cm³/mol. The fourth-order valence-electron chi connectivity index (χ4n) is 4.43. The Balaban J connectivity index is 1.84. The van der Waals surface area contributed by atoms with Gasteiger partial charge in [0.2, 0.25) is 0 Å². The molecule has 0 amide bonds. The second kappa shape index (κ2) is 5.20. The van der Waals surface area contributed by atoms with Gasteiger partial charge in [-0.05, 0) is 78.6 Å². The van der Waals surface area contributed by atoms with Crippen LogP contribution in [-0.4, -0.2) is 13.0 Å². The Kier molecular flexibility index (Phi) is 2.57. The Morgan fingerprint density at radius 3 is 3.00 bits per heavy atom. The van der Waals surface area contributed by atoms with Crippen LogP contribution in [0.1, 0.15) is 55.6 Å². The van der Waals surface area contributed by atoms with Gasteiger partial charge in [0, 0.05) is 2.74 Å². The molecule has 1 aromatic rings. The highest BCUT2D eigenvalue weighted by Crippen LogP contribution is 2.59. The minimum atomic E-state index is -4.81. The van der Waals surface area contributed by atoms with Gasteiger partial charge in [-0.1, -0.05) is 30.7 Å². The van der Waals surface area contributed by atoms with Crippen LogP contribution in [0.4, 0.5) is 0 Å². The van der Waals surface area contributed by atoms with E-state index < -0.39 is 22.5 Å². The van der Waals surface area contributed by atoms with Gasteiger partial charge in [0.25, 0.3) is 0 Å². The third-order valence-corrected chi connectivity index (χ3v) is 6.15. The van der Waals surface area contributed by atoms with Gasteiger partial charge in [0.1, 0.15) is 5.75 Å². The minimum absolute atomic E-state index is 0.0454. The zero-order chi connectivity index (χ0) is 20.6. The number of hydrogen-bond donors (Lipinski definition) is 1. The number of rotatable bonds is 2. The molecule has 1 fully saturated rings. The van der Waals surface area contributed by atoms with Gasteiger partial charge in [-0.3, -0.25) is 4.55 Å². The van der Waals surface area contributed by atoms with E-state index in [2.05, 4.69) is 17.7 Å². The molecule has 1 N–H and O–H groups in total. The average Bonchev–Trinajstić information content (AvgIpc) is 2.77. The maximum absolute atomic E-state index is 11.1. The Bertz CT molecular complexity index is 1040. The lowest BCUT2D eigenvalue weighted by Crippen LogP contribution is -2.30. The molecule has 128 valence electrons. The van der Waals surface area contributed by atoms with E-state index in [1.807, 2.05) is 0 Å². The molecule has 0 aromatic heterocycles. The van der Waals surface area contributed by atoms with E-state index >= 15 is 0 Å². The standard InChI is InChI=1S/C19H22O4S/c1-12-3-8-18-17-6-4-13-11-14(23-24(20,21)22)5-7-15(13)16(17)9-10-19(12,18)2/h5,7,11,18H,1,3-4,6,8-10H2,2H3,(H,20,21,22)/t18?,19-/m1/s1/i3D2,5D,11D. The van der Waals surface area contributed by atoms with Gasteiger partial charge in [0.15, 0.2) is 0 Å². The SMILES string of the molecule is [2H]c1cc2c(c([2H])c1OS(=O)(=O)O)CCC1=C2CC[C@]2(C)C(=C)C([2H])([2H])CC12. The van der Waals surface area contributed by atoms with Crippen molar-refractivity contribution in [3.8, 4) is 5.75 Å². The number of hydrogen-bond acceptors (Lipinski definition) is 3. The fraction of sp³-hybridized carbons (Fsp3) is 0.474. The molecule has 1 saturated carbocycles. The van der Waals surface area contributed by atoms with Crippen LogP contribution >= 0.6 is 0 Å². The zero-order valence-electron chi connectivity index (χ0n) is 17.5. The summed E-state index contributed by atoms with van der Waals surface area (Å²) in [7, 11) is -4.81. The molecule has 2 atom stereocenters. The highest BCUT2D eigenvalue weighted by atomic mass is 32.3. The number of benzene rings is 1. The smallest absolute Gasteiger partial charge is 0.362 e. The van der Waals surface area contributed by atoms with Crippen LogP contribution < -0.4 is 4.18 Å². The van der Waals surface area contributed by atoms with Gasteiger partial charge in [-0.25, -0.2) is 0 Å². The Morgan fingerprint density at radius 1 is 1.46 bits per heavy atom. The molecule has 4 rings (SSSR count). The summed E-state index contributed by atoms with van der Waals surface area (Å²) >= 11 is 0. The van der Waals surface area contributed by atoms with Gasteiger partial charge in [-0.15, -0.1) is 0 Å². The highest BCUT2D eigenvalue weighted by molar-refractivity contribution is 7.81.